The van der Waals surface area contributed by atoms with E-state index in [1.807, 2.05) is 6.92 Å². The van der Waals surface area contributed by atoms with Crippen LogP contribution in [0.15, 0.2) is 29.8 Å². The first-order valence-electron chi connectivity index (χ1n) is 10.7. The first-order valence-corrected chi connectivity index (χ1v) is 11.6. The maximum absolute atomic E-state index is 13.9. The number of thiazole rings is 1. The summed E-state index contributed by atoms with van der Waals surface area (Å²) in [6.07, 6.45) is -3.88. The van der Waals surface area contributed by atoms with Crippen LogP contribution in [0.2, 0.25) is 0 Å². The largest absolute Gasteiger partial charge is 0.412 e. The van der Waals surface area contributed by atoms with Gasteiger partial charge in [0.05, 0.1) is 22.1 Å². The van der Waals surface area contributed by atoms with E-state index < -0.39 is 41.5 Å². The Morgan fingerprint density at radius 3 is 2.36 bits per heavy atom. The Labute approximate surface area is 195 Å². The number of aryl methyl sites for hydroxylation is 1. The minimum atomic E-state index is -4.70. The Hall–Kier alpha value is -2.46. The van der Waals surface area contributed by atoms with Gasteiger partial charge in [-0.25, -0.2) is 4.98 Å². The SMILES string of the molecule is Cc1ncsc1-c1ccc([C@@H](NC(=O)[C@@H]2CCCN2C(=O)[C@@H](N)C(C)(C)C)C(F)(F)F)cc1. The Balaban J connectivity index is 1.80. The van der Waals surface area contributed by atoms with Crippen molar-refractivity contribution >= 4 is 23.2 Å². The second-order valence-corrected chi connectivity index (χ2v) is 10.3. The van der Waals surface area contributed by atoms with Crippen LogP contribution in [-0.2, 0) is 9.59 Å². The number of aromatic nitrogens is 1. The molecular formula is C23H29F3N4O2S. The summed E-state index contributed by atoms with van der Waals surface area (Å²) in [4.78, 5) is 32.1. The summed E-state index contributed by atoms with van der Waals surface area (Å²) in [6.45, 7) is 7.53. The highest BCUT2D eigenvalue weighted by Gasteiger charge is 2.45. The number of nitrogens with zero attached hydrogens (tertiary/aromatic N) is 2. The summed E-state index contributed by atoms with van der Waals surface area (Å²) in [5.74, 6) is -1.25. The van der Waals surface area contributed by atoms with Crippen LogP contribution >= 0.6 is 11.3 Å². The number of benzene rings is 1. The van der Waals surface area contributed by atoms with Crippen molar-refractivity contribution in [3.8, 4) is 10.4 Å². The molecule has 1 aliphatic rings. The zero-order chi connectivity index (χ0) is 24.6. The Morgan fingerprint density at radius 2 is 1.85 bits per heavy atom. The molecule has 1 fully saturated rings. The Morgan fingerprint density at radius 1 is 1.21 bits per heavy atom. The summed E-state index contributed by atoms with van der Waals surface area (Å²) < 4.78 is 41.7. The van der Waals surface area contributed by atoms with Crippen LogP contribution in [0.25, 0.3) is 10.4 Å². The third-order valence-electron chi connectivity index (χ3n) is 5.90. The van der Waals surface area contributed by atoms with Crippen molar-refractivity contribution in [1.29, 1.82) is 0 Å². The Bertz CT molecular complexity index is 998. The molecule has 180 valence electrons. The topological polar surface area (TPSA) is 88.3 Å². The normalized spacial score (nSPS) is 18.8. The molecule has 2 aromatic rings. The van der Waals surface area contributed by atoms with E-state index in [2.05, 4.69) is 10.3 Å². The van der Waals surface area contributed by atoms with Crippen LogP contribution in [0, 0.1) is 12.3 Å². The summed E-state index contributed by atoms with van der Waals surface area (Å²) in [6, 6.07) is 1.89. The predicted molar refractivity (Wildman–Crippen MR) is 121 cm³/mol. The molecule has 0 unspecified atom stereocenters. The van der Waals surface area contributed by atoms with Gasteiger partial charge in [0, 0.05) is 6.54 Å². The van der Waals surface area contributed by atoms with E-state index in [9.17, 15) is 22.8 Å². The van der Waals surface area contributed by atoms with E-state index in [1.165, 1.54) is 28.4 Å². The third-order valence-corrected chi connectivity index (χ3v) is 6.88. The average molecular weight is 483 g/mol. The zero-order valence-electron chi connectivity index (χ0n) is 19.1. The number of carbonyl (C=O) groups excluding carboxylic acids is 2. The van der Waals surface area contributed by atoms with Crippen LogP contribution < -0.4 is 11.1 Å². The first-order chi connectivity index (χ1) is 15.3. The molecular weight excluding hydrogens is 453 g/mol. The highest BCUT2D eigenvalue weighted by Crippen LogP contribution is 2.35. The molecule has 10 heteroatoms. The quantitative estimate of drug-likeness (QED) is 0.669. The molecule has 1 aliphatic heterocycles. The van der Waals surface area contributed by atoms with Gasteiger partial charge in [-0.15, -0.1) is 11.3 Å². The van der Waals surface area contributed by atoms with Crippen molar-refractivity contribution < 1.29 is 22.8 Å². The van der Waals surface area contributed by atoms with Crippen LogP contribution in [0.1, 0.15) is 50.9 Å². The number of nitrogens with one attached hydrogen (secondary N) is 1. The highest BCUT2D eigenvalue weighted by atomic mass is 32.1. The molecule has 0 aliphatic carbocycles. The first kappa shape index (κ1) is 25.2. The molecule has 2 heterocycles. The second kappa shape index (κ2) is 9.42. The highest BCUT2D eigenvalue weighted by molar-refractivity contribution is 7.13. The van der Waals surface area contributed by atoms with Crippen molar-refractivity contribution in [2.45, 2.75) is 64.8 Å². The van der Waals surface area contributed by atoms with Gasteiger partial charge in [-0.2, -0.15) is 13.2 Å². The van der Waals surface area contributed by atoms with Gasteiger partial charge in [0.15, 0.2) is 6.04 Å². The number of amides is 2. The molecule has 1 saturated heterocycles. The zero-order valence-corrected chi connectivity index (χ0v) is 19.9. The number of hydrogen-bond donors (Lipinski definition) is 2. The van der Waals surface area contributed by atoms with E-state index >= 15 is 0 Å². The number of hydrogen-bond acceptors (Lipinski definition) is 5. The van der Waals surface area contributed by atoms with Gasteiger partial charge in [-0.3, -0.25) is 9.59 Å². The van der Waals surface area contributed by atoms with Crippen LogP contribution in [0.4, 0.5) is 13.2 Å². The molecule has 0 bridgehead atoms. The van der Waals surface area contributed by atoms with Gasteiger partial charge >= 0.3 is 6.18 Å². The van der Waals surface area contributed by atoms with Gasteiger partial charge < -0.3 is 16.0 Å². The second-order valence-electron chi connectivity index (χ2n) is 9.41. The van der Waals surface area contributed by atoms with Gasteiger partial charge in [-0.1, -0.05) is 45.0 Å². The van der Waals surface area contributed by atoms with E-state index in [-0.39, 0.29) is 5.56 Å². The molecule has 1 aromatic carbocycles. The van der Waals surface area contributed by atoms with Crippen molar-refractivity contribution in [3.63, 3.8) is 0 Å². The molecule has 33 heavy (non-hydrogen) atoms. The fourth-order valence-corrected chi connectivity index (χ4v) is 4.66. The molecule has 1 aromatic heterocycles. The lowest BCUT2D eigenvalue weighted by atomic mass is 9.86. The lowest BCUT2D eigenvalue weighted by Crippen LogP contribution is -2.55. The minimum absolute atomic E-state index is 0.0796. The number of rotatable bonds is 5. The van der Waals surface area contributed by atoms with Crippen LogP contribution in [0.3, 0.4) is 0 Å². The fraction of sp³-hybridized carbons (Fsp3) is 0.522. The Kier molecular flexibility index (Phi) is 7.18. The third kappa shape index (κ3) is 5.55. The van der Waals surface area contributed by atoms with Crippen LogP contribution in [-0.4, -0.2) is 46.5 Å². The number of likely N-dealkylation sites (tertiary alicyclic amines) is 1. The molecule has 0 spiro atoms. The summed E-state index contributed by atoms with van der Waals surface area (Å²) in [5, 5.41) is 2.13. The summed E-state index contributed by atoms with van der Waals surface area (Å²) >= 11 is 1.41. The molecule has 0 saturated carbocycles. The van der Waals surface area contributed by atoms with E-state index in [0.717, 1.165) is 16.1 Å². The molecule has 3 N–H and O–H groups in total. The summed E-state index contributed by atoms with van der Waals surface area (Å²) in [5.41, 5.74) is 8.68. The molecule has 0 radical (unpaired) electrons. The molecule has 3 rings (SSSR count). The number of nitrogens with two attached hydrogens (primary N) is 1. The lowest BCUT2D eigenvalue weighted by molar-refractivity contribution is -0.165. The smallest absolute Gasteiger partial charge is 0.339 e. The number of carbonyl (C=O) groups is 2. The number of alkyl halides is 3. The lowest BCUT2D eigenvalue weighted by Gasteiger charge is -2.33. The van der Waals surface area contributed by atoms with Gasteiger partial charge in [0.25, 0.3) is 0 Å². The van der Waals surface area contributed by atoms with Crippen LogP contribution in [0.5, 0.6) is 0 Å². The molecule has 2 amide bonds. The predicted octanol–water partition coefficient (Wildman–Crippen LogP) is 4.20. The van der Waals surface area contributed by atoms with Crippen molar-refractivity contribution in [2.75, 3.05) is 6.54 Å². The van der Waals surface area contributed by atoms with Crippen molar-refractivity contribution in [3.05, 3.63) is 41.0 Å². The minimum Gasteiger partial charge on any atom is -0.339 e. The maximum Gasteiger partial charge on any atom is 0.412 e. The maximum atomic E-state index is 13.9. The molecule has 6 nitrogen and oxygen atoms in total. The standard InChI is InChI=1S/C23H29F3N4O2S/c1-13-17(33-12-28-13)14-7-9-15(10-8-14)19(23(24,25)26)29-20(31)16-6-5-11-30(16)21(32)18(27)22(2,3)4/h7-10,12,16,18-19H,5-6,11,27H2,1-4H3,(H,29,31)/t16-,18+,19+/m0/s1. The average Bonchev–Trinajstić information content (AvgIpc) is 3.38. The fourth-order valence-electron chi connectivity index (χ4n) is 3.85. The van der Waals surface area contributed by atoms with Crippen molar-refractivity contribution in [2.24, 2.45) is 11.1 Å². The van der Waals surface area contributed by atoms with Gasteiger partial charge in [-0.05, 0) is 36.3 Å². The monoisotopic (exact) mass is 482 g/mol. The van der Waals surface area contributed by atoms with Gasteiger partial charge in [0.1, 0.15) is 6.04 Å². The number of halogens is 3. The molecule has 3 atom stereocenters. The van der Waals surface area contributed by atoms with E-state index in [4.69, 9.17) is 5.73 Å². The van der Waals surface area contributed by atoms with Gasteiger partial charge in [0.2, 0.25) is 11.8 Å². The van der Waals surface area contributed by atoms with E-state index in [1.54, 1.807) is 38.4 Å². The van der Waals surface area contributed by atoms with E-state index in [0.29, 0.717) is 19.4 Å². The van der Waals surface area contributed by atoms with Crippen molar-refractivity contribution in [1.82, 2.24) is 15.2 Å². The summed E-state index contributed by atoms with van der Waals surface area (Å²) in [7, 11) is 0.